The van der Waals surface area contributed by atoms with Crippen molar-refractivity contribution in [2.75, 3.05) is 13.2 Å². The zero-order chi connectivity index (χ0) is 20.6. The first-order valence-electron chi connectivity index (χ1n) is 9.44. The Bertz CT molecular complexity index is 750. The molecule has 0 bridgehead atoms. The summed E-state index contributed by atoms with van der Waals surface area (Å²) in [6.45, 7) is 10.4. The number of hydrogen-bond acceptors (Lipinski definition) is 7. The predicted molar refractivity (Wildman–Crippen MR) is 98.7 cm³/mol. The van der Waals surface area contributed by atoms with Crippen molar-refractivity contribution in [3.8, 4) is 0 Å². The van der Waals surface area contributed by atoms with E-state index in [1.165, 1.54) is 6.92 Å². The molecule has 0 aromatic rings. The van der Waals surface area contributed by atoms with Gasteiger partial charge in [0, 0.05) is 29.9 Å². The molecule has 3 aliphatic rings. The van der Waals surface area contributed by atoms with E-state index in [0.717, 1.165) is 5.57 Å². The SMILES string of the molecule is C=C(C)C(=O)OC1C[C@H](COC(C)=O)C2CC=C(CO)C2C2OC(=O)C(=C)[C@H]12. The fourth-order valence-electron chi connectivity index (χ4n) is 4.69. The number of carbonyl (C=O) groups is 3. The van der Waals surface area contributed by atoms with Crippen LogP contribution in [0.5, 0.6) is 0 Å². The molecule has 0 radical (unpaired) electrons. The molecule has 1 aliphatic heterocycles. The van der Waals surface area contributed by atoms with Crippen LogP contribution in [0.2, 0.25) is 0 Å². The molecule has 0 amide bonds. The van der Waals surface area contributed by atoms with Gasteiger partial charge in [-0.1, -0.05) is 19.2 Å². The van der Waals surface area contributed by atoms with Crippen molar-refractivity contribution in [2.45, 2.75) is 38.9 Å². The number of esters is 3. The van der Waals surface area contributed by atoms with Gasteiger partial charge in [0.2, 0.25) is 0 Å². The Balaban J connectivity index is 1.98. The van der Waals surface area contributed by atoms with E-state index in [4.69, 9.17) is 14.2 Å². The van der Waals surface area contributed by atoms with Crippen LogP contribution in [0, 0.1) is 23.7 Å². The summed E-state index contributed by atoms with van der Waals surface area (Å²) in [5, 5.41) is 9.82. The topological polar surface area (TPSA) is 99.1 Å². The van der Waals surface area contributed by atoms with E-state index in [2.05, 4.69) is 13.2 Å². The van der Waals surface area contributed by atoms with Crippen LogP contribution in [0.15, 0.2) is 36.0 Å². The lowest BCUT2D eigenvalue weighted by Crippen LogP contribution is -2.36. The van der Waals surface area contributed by atoms with Crippen molar-refractivity contribution < 1.29 is 33.7 Å². The van der Waals surface area contributed by atoms with Gasteiger partial charge in [-0.05, 0) is 31.3 Å². The number of allylic oxidation sites excluding steroid dienone is 1. The van der Waals surface area contributed by atoms with Crippen LogP contribution in [-0.4, -0.2) is 48.4 Å². The third kappa shape index (κ3) is 3.63. The van der Waals surface area contributed by atoms with Gasteiger partial charge in [0.05, 0.1) is 19.1 Å². The highest BCUT2D eigenvalue weighted by molar-refractivity contribution is 5.91. The minimum atomic E-state index is -0.653. The molecule has 2 aliphatic carbocycles. The summed E-state index contributed by atoms with van der Waals surface area (Å²) in [5.74, 6) is -2.30. The minimum Gasteiger partial charge on any atom is -0.466 e. The van der Waals surface area contributed by atoms with Crippen molar-refractivity contribution in [1.82, 2.24) is 0 Å². The van der Waals surface area contributed by atoms with Crippen molar-refractivity contribution in [3.05, 3.63) is 36.0 Å². The number of carbonyl (C=O) groups excluding carboxylic acids is 3. The van der Waals surface area contributed by atoms with Crippen LogP contribution < -0.4 is 0 Å². The van der Waals surface area contributed by atoms with Gasteiger partial charge in [0.15, 0.2) is 0 Å². The highest BCUT2D eigenvalue weighted by Crippen LogP contribution is 2.51. The molecular formula is C21H26O7. The first kappa shape index (κ1) is 20.3. The van der Waals surface area contributed by atoms with Gasteiger partial charge in [0.1, 0.15) is 12.2 Å². The van der Waals surface area contributed by atoms with Crippen LogP contribution in [0.1, 0.15) is 26.7 Å². The number of hydrogen-bond donors (Lipinski definition) is 1. The quantitative estimate of drug-likeness (QED) is 0.330. The number of aliphatic hydroxyl groups is 1. The maximum Gasteiger partial charge on any atom is 0.334 e. The summed E-state index contributed by atoms with van der Waals surface area (Å²) in [4.78, 5) is 35.9. The second-order valence-corrected chi connectivity index (χ2v) is 7.81. The van der Waals surface area contributed by atoms with Crippen LogP contribution >= 0.6 is 0 Å². The van der Waals surface area contributed by atoms with Crippen LogP contribution in [0.3, 0.4) is 0 Å². The minimum absolute atomic E-state index is 0.00114. The fraction of sp³-hybridized carbons (Fsp3) is 0.571. The standard InChI is InChI=1S/C21H26O7/c1-10(2)20(24)27-16-7-14(9-26-12(4)23)15-6-5-13(8-22)18(15)19-17(16)11(3)21(25)28-19/h5,14-19,22H,1,3,6-9H2,2,4H3/t14-,15?,16?,17-,18?,19?/m1/s1. The Morgan fingerprint density at radius 3 is 2.64 bits per heavy atom. The van der Waals surface area contributed by atoms with E-state index in [1.807, 2.05) is 6.08 Å². The molecule has 2 fully saturated rings. The van der Waals surface area contributed by atoms with E-state index in [0.29, 0.717) is 12.8 Å². The van der Waals surface area contributed by atoms with Crippen molar-refractivity contribution >= 4 is 17.9 Å². The fourth-order valence-corrected chi connectivity index (χ4v) is 4.69. The molecule has 1 saturated heterocycles. The van der Waals surface area contributed by atoms with E-state index < -0.39 is 30.1 Å². The Morgan fingerprint density at radius 2 is 2.04 bits per heavy atom. The summed E-state index contributed by atoms with van der Waals surface area (Å²) in [7, 11) is 0. The monoisotopic (exact) mass is 390 g/mol. The second kappa shape index (κ2) is 7.91. The van der Waals surface area contributed by atoms with Gasteiger partial charge in [-0.15, -0.1) is 0 Å². The third-order valence-corrected chi connectivity index (χ3v) is 5.99. The lowest BCUT2D eigenvalue weighted by atomic mass is 9.78. The lowest BCUT2D eigenvalue weighted by Gasteiger charge is -2.30. The van der Waals surface area contributed by atoms with Crippen LogP contribution in [-0.2, 0) is 28.6 Å². The molecule has 1 saturated carbocycles. The third-order valence-electron chi connectivity index (χ3n) is 5.99. The molecule has 28 heavy (non-hydrogen) atoms. The summed E-state index contributed by atoms with van der Waals surface area (Å²) >= 11 is 0. The van der Waals surface area contributed by atoms with Gasteiger partial charge in [-0.25, -0.2) is 9.59 Å². The van der Waals surface area contributed by atoms with Crippen LogP contribution in [0.4, 0.5) is 0 Å². The average Bonchev–Trinajstić information content (AvgIpc) is 3.15. The van der Waals surface area contributed by atoms with E-state index in [9.17, 15) is 19.5 Å². The van der Waals surface area contributed by atoms with Gasteiger partial charge in [-0.3, -0.25) is 4.79 Å². The lowest BCUT2D eigenvalue weighted by molar-refractivity contribution is -0.150. The molecule has 0 aromatic carbocycles. The molecule has 1 N–H and O–H groups in total. The Hall–Kier alpha value is -2.41. The summed E-state index contributed by atoms with van der Waals surface area (Å²) in [6.07, 6.45) is 1.80. The molecule has 3 rings (SSSR count). The zero-order valence-electron chi connectivity index (χ0n) is 16.2. The normalized spacial score (nSPS) is 33.9. The number of aliphatic hydroxyl groups excluding tert-OH is 1. The molecule has 4 unspecified atom stereocenters. The molecule has 0 aromatic heterocycles. The highest BCUT2D eigenvalue weighted by Gasteiger charge is 2.56. The largest absolute Gasteiger partial charge is 0.466 e. The molecular weight excluding hydrogens is 364 g/mol. The molecule has 152 valence electrons. The Kier molecular flexibility index (Phi) is 5.74. The van der Waals surface area contributed by atoms with E-state index in [-0.39, 0.29) is 48.1 Å². The smallest absolute Gasteiger partial charge is 0.334 e. The number of ether oxygens (including phenoxy) is 3. The van der Waals surface area contributed by atoms with Gasteiger partial charge in [-0.2, -0.15) is 0 Å². The maximum atomic E-state index is 12.3. The van der Waals surface area contributed by atoms with Crippen molar-refractivity contribution in [3.63, 3.8) is 0 Å². The number of rotatable bonds is 5. The Morgan fingerprint density at radius 1 is 1.32 bits per heavy atom. The summed E-state index contributed by atoms with van der Waals surface area (Å²) < 4.78 is 16.6. The summed E-state index contributed by atoms with van der Waals surface area (Å²) in [6, 6.07) is 0. The van der Waals surface area contributed by atoms with Gasteiger partial charge in [0.25, 0.3) is 0 Å². The van der Waals surface area contributed by atoms with Crippen molar-refractivity contribution in [2.24, 2.45) is 23.7 Å². The van der Waals surface area contributed by atoms with Crippen LogP contribution in [0.25, 0.3) is 0 Å². The maximum absolute atomic E-state index is 12.3. The highest BCUT2D eigenvalue weighted by atomic mass is 16.6. The van der Waals surface area contributed by atoms with Crippen molar-refractivity contribution in [1.29, 1.82) is 0 Å². The molecule has 7 nitrogen and oxygen atoms in total. The van der Waals surface area contributed by atoms with Gasteiger partial charge < -0.3 is 19.3 Å². The Labute approximate surface area is 164 Å². The predicted octanol–water partition coefficient (Wildman–Crippen LogP) is 1.71. The summed E-state index contributed by atoms with van der Waals surface area (Å²) in [5.41, 5.74) is 1.31. The van der Waals surface area contributed by atoms with E-state index >= 15 is 0 Å². The average molecular weight is 390 g/mol. The second-order valence-electron chi connectivity index (χ2n) is 7.81. The van der Waals surface area contributed by atoms with Gasteiger partial charge >= 0.3 is 17.9 Å². The molecule has 1 heterocycles. The molecule has 6 atom stereocenters. The first-order chi connectivity index (χ1) is 13.2. The first-order valence-corrected chi connectivity index (χ1v) is 9.44. The molecule has 0 spiro atoms. The zero-order valence-corrected chi connectivity index (χ0v) is 16.2. The number of fused-ring (bicyclic) bond motifs is 3. The van der Waals surface area contributed by atoms with E-state index in [1.54, 1.807) is 6.92 Å². The molecule has 7 heteroatoms.